The summed E-state index contributed by atoms with van der Waals surface area (Å²) in [6.45, 7) is 25.1. The minimum atomic E-state index is 0.163. The molecule has 0 radical (unpaired) electrons. The third kappa shape index (κ3) is 19.9. The first-order chi connectivity index (χ1) is 14.2. The highest BCUT2D eigenvalue weighted by molar-refractivity contribution is 5.19. The summed E-state index contributed by atoms with van der Waals surface area (Å²) < 4.78 is 11.4. The smallest absolute Gasteiger partial charge is 0.148 e. The molecule has 174 valence electrons. The van der Waals surface area contributed by atoms with E-state index in [1.165, 1.54) is 24.0 Å². The molecule has 1 aliphatic rings. The highest BCUT2D eigenvalue weighted by Gasteiger charge is 2.25. The van der Waals surface area contributed by atoms with Crippen molar-refractivity contribution in [2.45, 2.75) is 121 Å². The van der Waals surface area contributed by atoms with Crippen LogP contribution >= 0.6 is 0 Å². The molecule has 2 rings (SSSR count). The summed E-state index contributed by atoms with van der Waals surface area (Å²) in [6.07, 6.45) is 7.00. The Morgan fingerprint density at radius 1 is 0.828 bits per heavy atom. The molecule has 1 fully saturated rings. The Bertz CT molecular complexity index is 396. The van der Waals surface area contributed by atoms with Crippen LogP contribution in [0.3, 0.4) is 0 Å². The van der Waals surface area contributed by atoms with E-state index < -0.39 is 0 Å². The molecule has 0 amide bonds. The van der Waals surface area contributed by atoms with Crippen LogP contribution < -0.4 is 0 Å². The molecule has 1 aliphatic heterocycles. The molecular formula is C27H54O2. The number of allylic oxidation sites excluding steroid dienone is 1. The molecule has 1 aromatic carbocycles. The van der Waals surface area contributed by atoms with Gasteiger partial charge in [0.1, 0.15) is 6.79 Å². The average molecular weight is 411 g/mol. The quantitative estimate of drug-likeness (QED) is 0.461. The second-order valence-electron chi connectivity index (χ2n) is 5.71. The van der Waals surface area contributed by atoms with Gasteiger partial charge < -0.3 is 9.47 Å². The maximum absolute atomic E-state index is 5.68. The van der Waals surface area contributed by atoms with Gasteiger partial charge in [0, 0.05) is 6.42 Å². The lowest BCUT2D eigenvalue weighted by Crippen LogP contribution is -2.28. The Balaban J connectivity index is -0.000000221. The Kier molecular flexibility index (Phi) is 38.5. The summed E-state index contributed by atoms with van der Waals surface area (Å²) in [5, 5.41) is 0. The van der Waals surface area contributed by atoms with Gasteiger partial charge in [-0.2, -0.15) is 0 Å². The molecule has 0 spiro atoms. The Hall–Kier alpha value is -1.12. The SMILES string of the molecule is C/C=C(\CC)C1CC(c2ccccc2)OCO1.CC.CC.CC.CCC.CCC. The van der Waals surface area contributed by atoms with Crippen LogP contribution in [-0.2, 0) is 9.47 Å². The van der Waals surface area contributed by atoms with Crippen molar-refractivity contribution < 1.29 is 9.47 Å². The monoisotopic (exact) mass is 410 g/mol. The Morgan fingerprint density at radius 2 is 1.28 bits per heavy atom. The van der Waals surface area contributed by atoms with Crippen LogP contribution in [0.25, 0.3) is 0 Å². The normalized spacial score (nSPS) is 17.0. The van der Waals surface area contributed by atoms with E-state index in [9.17, 15) is 0 Å². The van der Waals surface area contributed by atoms with Gasteiger partial charge in [0.05, 0.1) is 12.2 Å². The van der Waals surface area contributed by atoms with E-state index in [1.54, 1.807) is 0 Å². The van der Waals surface area contributed by atoms with Crippen molar-refractivity contribution >= 4 is 0 Å². The van der Waals surface area contributed by atoms with Gasteiger partial charge in [-0.25, -0.2) is 0 Å². The first-order valence-electron chi connectivity index (χ1n) is 12.1. The number of hydrogen-bond acceptors (Lipinski definition) is 2. The molecule has 0 bridgehead atoms. The Labute approximate surface area is 185 Å². The predicted octanol–water partition coefficient (Wildman–Crippen LogP) is 9.76. The molecule has 0 aliphatic carbocycles. The van der Waals surface area contributed by atoms with Crippen LogP contribution in [0.2, 0.25) is 0 Å². The van der Waals surface area contributed by atoms with E-state index in [0.717, 1.165) is 12.8 Å². The lowest BCUT2D eigenvalue weighted by atomic mass is 9.96. The maximum Gasteiger partial charge on any atom is 0.148 e. The summed E-state index contributed by atoms with van der Waals surface area (Å²) in [6, 6.07) is 10.4. The first-order valence-corrected chi connectivity index (χ1v) is 12.1. The lowest BCUT2D eigenvalue weighted by Gasteiger charge is -2.31. The summed E-state index contributed by atoms with van der Waals surface area (Å²) in [5.74, 6) is 0. The van der Waals surface area contributed by atoms with Crippen molar-refractivity contribution in [3.05, 3.63) is 47.5 Å². The van der Waals surface area contributed by atoms with Gasteiger partial charge in [-0.3, -0.25) is 0 Å². The van der Waals surface area contributed by atoms with Crippen molar-refractivity contribution in [2.24, 2.45) is 0 Å². The average Bonchev–Trinajstić information content (AvgIpc) is 2.81. The molecule has 1 aromatic rings. The van der Waals surface area contributed by atoms with E-state index >= 15 is 0 Å². The Morgan fingerprint density at radius 3 is 1.66 bits per heavy atom. The fraction of sp³-hybridized carbons (Fsp3) is 0.704. The third-order valence-corrected chi connectivity index (χ3v) is 3.33. The summed E-state index contributed by atoms with van der Waals surface area (Å²) >= 11 is 0. The van der Waals surface area contributed by atoms with Crippen LogP contribution in [0, 0.1) is 0 Å². The number of rotatable bonds is 3. The second kappa shape index (κ2) is 31.6. The fourth-order valence-electron chi connectivity index (χ4n) is 2.31. The van der Waals surface area contributed by atoms with Crippen molar-refractivity contribution in [3.63, 3.8) is 0 Å². The maximum atomic E-state index is 5.68. The minimum absolute atomic E-state index is 0.163. The van der Waals surface area contributed by atoms with E-state index in [-0.39, 0.29) is 12.2 Å². The zero-order chi connectivity index (χ0) is 23.5. The molecule has 0 aromatic heterocycles. The van der Waals surface area contributed by atoms with Gasteiger partial charge in [-0.1, -0.05) is 125 Å². The fourth-order valence-corrected chi connectivity index (χ4v) is 2.31. The topological polar surface area (TPSA) is 18.5 Å². The molecule has 2 atom stereocenters. The molecule has 2 nitrogen and oxygen atoms in total. The molecule has 1 saturated heterocycles. The van der Waals surface area contributed by atoms with Gasteiger partial charge in [0.15, 0.2) is 0 Å². The molecule has 2 unspecified atom stereocenters. The van der Waals surface area contributed by atoms with Crippen LogP contribution in [0.1, 0.15) is 120 Å². The lowest BCUT2D eigenvalue weighted by molar-refractivity contribution is -0.167. The van der Waals surface area contributed by atoms with Crippen LogP contribution in [-0.4, -0.2) is 12.9 Å². The van der Waals surface area contributed by atoms with Crippen LogP contribution in [0.5, 0.6) is 0 Å². The van der Waals surface area contributed by atoms with Crippen molar-refractivity contribution in [2.75, 3.05) is 6.79 Å². The van der Waals surface area contributed by atoms with Crippen molar-refractivity contribution in [1.29, 1.82) is 0 Å². The van der Waals surface area contributed by atoms with Crippen molar-refractivity contribution in [3.8, 4) is 0 Å². The molecular weight excluding hydrogens is 356 g/mol. The molecule has 0 saturated carbocycles. The molecule has 2 heteroatoms. The van der Waals surface area contributed by atoms with Crippen LogP contribution in [0.15, 0.2) is 42.0 Å². The second-order valence-corrected chi connectivity index (χ2v) is 5.71. The number of hydrogen-bond donors (Lipinski definition) is 0. The highest BCUT2D eigenvalue weighted by atomic mass is 16.7. The third-order valence-electron chi connectivity index (χ3n) is 3.33. The zero-order valence-corrected chi connectivity index (χ0v) is 22.0. The van der Waals surface area contributed by atoms with Gasteiger partial charge >= 0.3 is 0 Å². The van der Waals surface area contributed by atoms with E-state index in [2.05, 4.69) is 71.9 Å². The highest BCUT2D eigenvalue weighted by Crippen LogP contribution is 2.31. The van der Waals surface area contributed by atoms with Gasteiger partial charge in [0.25, 0.3) is 0 Å². The van der Waals surface area contributed by atoms with Gasteiger partial charge in [-0.05, 0) is 24.5 Å². The zero-order valence-electron chi connectivity index (χ0n) is 22.0. The number of ether oxygens (including phenoxy) is 2. The largest absolute Gasteiger partial charge is 0.348 e. The summed E-state index contributed by atoms with van der Waals surface area (Å²) in [5.41, 5.74) is 2.61. The first kappa shape index (κ1) is 35.3. The molecule has 29 heavy (non-hydrogen) atoms. The van der Waals surface area contributed by atoms with E-state index in [4.69, 9.17) is 9.47 Å². The van der Waals surface area contributed by atoms with Crippen LogP contribution in [0.4, 0.5) is 0 Å². The minimum Gasteiger partial charge on any atom is -0.348 e. The number of benzene rings is 1. The predicted molar refractivity (Wildman–Crippen MR) is 135 cm³/mol. The van der Waals surface area contributed by atoms with Gasteiger partial charge in [-0.15, -0.1) is 0 Å². The molecule has 1 heterocycles. The molecule has 0 N–H and O–H groups in total. The summed E-state index contributed by atoms with van der Waals surface area (Å²) in [7, 11) is 0. The van der Waals surface area contributed by atoms with E-state index in [0.29, 0.717) is 6.79 Å². The standard InChI is InChI=1S/C15H20O2.2C3H8.3C2H6/c1-3-12(4-2)14-10-15(17-11-16-14)13-8-6-5-7-9-13;2*1-3-2;3*1-2/h3,5-9,14-15H,4,10-11H2,1-2H3;2*3H2,1-2H3;3*1-2H3/b12-3+;;;;;. The van der Waals surface area contributed by atoms with Crippen molar-refractivity contribution in [1.82, 2.24) is 0 Å². The van der Waals surface area contributed by atoms with E-state index in [1.807, 2.05) is 47.6 Å². The summed E-state index contributed by atoms with van der Waals surface area (Å²) in [4.78, 5) is 0. The van der Waals surface area contributed by atoms with Gasteiger partial charge in [0.2, 0.25) is 0 Å².